The first-order chi connectivity index (χ1) is 10.8. The topological polar surface area (TPSA) is 12.0 Å². The van der Waals surface area contributed by atoms with E-state index in [-0.39, 0.29) is 12.4 Å². The molecule has 1 aliphatic rings. The van der Waals surface area contributed by atoms with Crippen molar-refractivity contribution in [2.45, 2.75) is 51.0 Å². The first-order valence-electron chi connectivity index (χ1n) is 7.87. The number of fused-ring (bicyclic) bond motifs is 1. The molecule has 1 nitrogen and oxygen atoms in total. The quantitative estimate of drug-likeness (QED) is 0.753. The van der Waals surface area contributed by atoms with E-state index in [4.69, 9.17) is 0 Å². The van der Waals surface area contributed by atoms with E-state index in [9.17, 15) is 13.2 Å². The molecule has 1 aromatic rings. The van der Waals surface area contributed by atoms with Crippen LogP contribution in [0, 0.1) is 0 Å². The Bertz CT molecular complexity index is 592. The minimum atomic E-state index is -4.09. The van der Waals surface area contributed by atoms with Gasteiger partial charge in [0.1, 0.15) is 7.28 Å². The number of hydrogen-bond acceptors (Lipinski definition) is 1. The van der Waals surface area contributed by atoms with Crippen molar-refractivity contribution in [3.63, 3.8) is 0 Å². The fraction of sp³-hybridized carbons (Fsp3) is 0.444. The Morgan fingerprint density at radius 3 is 2.74 bits per heavy atom. The molecular formula is C18H22BF3N. The lowest BCUT2D eigenvalue weighted by Crippen LogP contribution is -2.40. The van der Waals surface area contributed by atoms with Gasteiger partial charge in [0.15, 0.2) is 0 Å². The maximum absolute atomic E-state index is 12.2. The summed E-state index contributed by atoms with van der Waals surface area (Å²) in [4.78, 5) is 0. The highest BCUT2D eigenvalue weighted by atomic mass is 19.4. The van der Waals surface area contributed by atoms with Crippen molar-refractivity contribution in [2.75, 3.05) is 0 Å². The number of benzene rings is 1. The third-order valence-corrected chi connectivity index (χ3v) is 4.11. The molecule has 0 aliphatic carbocycles. The zero-order chi connectivity index (χ0) is 17.0. The Morgan fingerprint density at radius 2 is 2.09 bits per heavy atom. The van der Waals surface area contributed by atoms with Crippen molar-refractivity contribution in [1.29, 1.82) is 0 Å². The summed E-state index contributed by atoms with van der Waals surface area (Å²) < 4.78 is 36.5. The fourth-order valence-corrected chi connectivity index (χ4v) is 2.99. The monoisotopic (exact) mass is 320 g/mol. The molecular weight excluding hydrogens is 298 g/mol. The summed E-state index contributed by atoms with van der Waals surface area (Å²) >= 11 is 0. The van der Waals surface area contributed by atoms with Gasteiger partial charge in [-0.1, -0.05) is 43.3 Å². The lowest BCUT2D eigenvalue weighted by Gasteiger charge is -2.28. The molecule has 123 valence electrons. The van der Waals surface area contributed by atoms with Crippen LogP contribution in [0.1, 0.15) is 42.9 Å². The maximum Gasteiger partial charge on any atom is 0.389 e. The van der Waals surface area contributed by atoms with Gasteiger partial charge in [-0.3, -0.25) is 0 Å². The van der Waals surface area contributed by atoms with Gasteiger partial charge in [-0.15, -0.1) is 0 Å². The molecule has 0 saturated heterocycles. The largest absolute Gasteiger partial charge is 0.394 e. The Kier molecular flexibility index (Phi) is 5.61. The molecule has 1 radical (unpaired) electrons. The van der Waals surface area contributed by atoms with Gasteiger partial charge in [-0.2, -0.15) is 13.2 Å². The molecule has 1 unspecified atom stereocenters. The van der Waals surface area contributed by atoms with Gasteiger partial charge in [-0.05, 0) is 48.8 Å². The van der Waals surface area contributed by atoms with Crippen molar-refractivity contribution in [3.8, 4) is 0 Å². The molecule has 1 aliphatic heterocycles. The predicted molar refractivity (Wildman–Crippen MR) is 90.3 cm³/mol. The summed E-state index contributed by atoms with van der Waals surface area (Å²) in [5.74, 6) is 0.126. The first kappa shape index (κ1) is 17.7. The van der Waals surface area contributed by atoms with E-state index >= 15 is 0 Å². The van der Waals surface area contributed by atoms with Crippen LogP contribution in [0.5, 0.6) is 0 Å². The summed E-state index contributed by atoms with van der Waals surface area (Å²) in [6.07, 6.45) is -2.75. The number of hydrogen-bond donors (Lipinski definition) is 1. The number of allylic oxidation sites excluding steroid dienone is 2. The van der Waals surface area contributed by atoms with E-state index in [1.807, 2.05) is 13.0 Å². The third-order valence-electron chi connectivity index (χ3n) is 4.11. The minimum absolute atomic E-state index is 0.0818. The van der Waals surface area contributed by atoms with Crippen LogP contribution in [0.25, 0.3) is 5.57 Å². The molecule has 1 N–H and O–H groups in total. The van der Waals surface area contributed by atoms with Gasteiger partial charge in [0.05, 0.1) is 0 Å². The lowest BCUT2D eigenvalue weighted by atomic mass is 9.57. The molecule has 0 saturated carbocycles. The van der Waals surface area contributed by atoms with Crippen molar-refractivity contribution in [2.24, 2.45) is 0 Å². The average Bonchev–Trinajstić information content (AvgIpc) is 2.44. The van der Waals surface area contributed by atoms with Gasteiger partial charge in [0, 0.05) is 12.1 Å². The van der Waals surface area contributed by atoms with E-state index in [0.29, 0.717) is 12.1 Å². The van der Waals surface area contributed by atoms with Gasteiger partial charge >= 0.3 is 6.18 Å². The van der Waals surface area contributed by atoms with Gasteiger partial charge < -0.3 is 5.32 Å². The van der Waals surface area contributed by atoms with E-state index < -0.39 is 12.6 Å². The van der Waals surface area contributed by atoms with Crippen LogP contribution in [-0.2, 0) is 12.7 Å². The van der Waals surface area contributed by atoms with E-state index in [1.165, 1.54) is 16.7 Å². The number of alkyl halides is 3. The standard InChI is InChI=1S/C18H22BF3N/c1-12(2)15-8-4-7-14-10-17(19-11-16(14)15)23-13(3)6-5-9-18(20,21)22/h4,7-8,17,23H,1,3,5-6,9-11H2,2H3. The van der Waals surface area contributed by atoms with Crippen LogP contribution in [0.4, 0.5) is 13.2 Å². The molecule has 5 heteroatoms. The Morgan fingerprint density at radius 1 is 1.35 bits per heavy atom. The maximum atomic E-state index is 12.2. The SMILES string of the molecule is C=C(CCCC(F)(F)F)NC1[B]Cc2c(cccc2C(=C)C)C1. The summed E-state index contributed by atoms with van der Waals surface area (Å²) in [7, 11) is 2.17. The van der Waals surface area contributed by atoms with Gasteiger partial charge in [0.2, 0.25) is 0 Å². The number of halogens is 3. The molecule has 0 amide bonds. The Hall–Kier alpha value is -1.65. The van der Waals surface area contributed by atoms with E-state index in [1.54, 1.807) is 0 Å². The first-order valence-corrected chi connectivity index (χ1v) is 7.87. The molecule has 1 aromatic carbocycles. The summed E-state index contributed by atoms with van der Waals surface area (Å²) in [5, 5.41) is 3.25. The normalized spacial score (nSPS) is 17.1. The van der Waals surface area contributed by atoms with Crippen LogP contribution in [0.15, 0.2) is 37.1 Å². The van der Waals surface area contributed by atoms with Gasteiger partial charge in [0.25, 0.3) is 0 Å². The Labute approximate surface area is 136 Å². The lowest BCUT2D eigenvalue weighted by molar-refractivity contribution is -0.135. The number of rotatable bonds is 6. The Balaban J connectivity index is 1.89. The summed E-state index contributed by atoms with van der Waals surface area (Å²) in [5.41, 5.74) is 5.50. The minimum Gasteiger partial charge on any atom is -0.394 e. The van der Waals surface area contributed by atoms with Gasteiger partial charge in [-0.25, -0.2) is 0 Å². The molecule has 23 heavy (non-hydrogen) atoms. The second kappa shape index (κ2) is 7.28. The molecule has 1 heterocycles. The summed E-state index contributed by atoms with van der Waals surface area (Å²) in [6, 6.07) is 6.22. The fourth-order valence-electron chi connectivity index (χ4n) is 2.99. The smallest absolute Gasteiger partial charge is 0.389 e. The van der Waals surface area contributed by atoms with Crippen LogP contribution in [-0.4, -0.2) is 19.4 Å². The van der Waals surface area contributed by atoms with Crippen molar-refractivity contribution >= 4 is 12.9 Å². The van der Waals surface area contributed by atoms with Crippen LogP contribution >= 0.6 is 0 Å². The number of nitrogens with one attached hydrogen (secondary N) is 1. The van der Waals surface area contributed by atoms with Crippen molar-refractivity contribution in [1.82, 2.24) is 5.32 Å². The van der Waals surface area contributed by atoms with Crippen LogP contribution in [0.2, 0.25) is 0 Å². The van der Waals surface area contributed by atoms with Crippen LogP contribution < -0.4 is 5.32 Å². The molecule has 0 bridgehead atoms. The third kappa shape index (κ3) is 5.19. The second-order valence-electron chi connectivity index (χ2n) is 6.19. The molecule has 0 aromatic heterocycles. The van der Waals surface area contributed by atoms with Crippen molar-refractivity contribution in [3.05, 3.63) is 53.7 Å². The van der Waals surface area contributed by atoms with Crippen molar-refractivity contribution < 1.29 is 13.2 Å². The highest BCUT2D eigenvalue weighted by Gasteiger charge is 2.26. The molecule has 1 atom stereocenters. The molecule has 0 spiro atoms. The predicted octanol–water partition coefficient (Wildman–Crippen LogP) is 4.64. The second-order valence-corrected chi connectivity index (χ2v) is 6.19. The van der Waals surface area contributed by atoms with E-state index in [2.05, 4.69) is 37.9 Å². The average molecular weight is 320 g/mol. The zero-order valence-electron chi connectivity index (χ0n) is 13.5. The molecule has 2 rings (SSSR count). The zero-order valence-corrected chi connectivity index (χ0v) is 13.5. The summed E-state index contributed by atoms with van der Waals surface area (Å²) in [6.45, 7) is 9.88. The van der Waals surface area contributed by atoms with E-state index in [0.717, 1.165) is 18.3 Å². The highest BCUT2D eigenvalue weighted by Crippen LogP contribution is 2.26. The highest BCUT2D eigenvalue weighted by molar-refractivity contribution is 6.38. The van der Waals surface area contributed by atoms with Crippen LogP contribution in [0.3, 0.4) is 0 Å². The molecule has 0 fully saturated rings.